The topological polar surface area (TPSA) is 78.4 Å². The maximum Gasteiger partial charge on any atom is 0.325 e. The van der Waals surface area contributed by atoms with Crippen LogP contribution in [0.5, 0.6) is 0 Å². The molecular formula is C13H24N2O3. The summed E-state index contributed by atoms with van der Waals surface area (Å²) in [5, 5.41) is 13.7. The van der Waals surface area contributed by atoms with Gasteiger partial charge in [-0.25, -0.2) is 4.79 Å². The predicted molar refractivity (Wildman–Crippen MR) is 69.4 cm³/mol. The monoisotopic (exact) mass is 256 g/mol. The molecule has 1 rings (SSSR count). The lowest BCUT2D eigenvalue weighted by Gasteiger charge is -2.26. The lowest BCUT2D eigenvalue weighted by atomic mass is 9.81. The van der Waals surface area contributed by atoms with E-state index in [4.69, 9.17) is 5.11 Å². The van der Waals surface area contributed by atoms with E-state index in [1.165, 1.54) is 32.6 Å². The summed E-state index contributed by atoms with van der Waals surface area (Å²) in [7, 11) is 0. The molecule has 0 aromatic carbocycles. The highest BCUT2D eigenvalue weighted by Gasteiger charge is 2.19. The van der Waals surface area contributed by atoms with Crippen LogP contribution in [0.4, 0.5) is 4.79 Å². The number of carbonyl (C=O) groups is 2. The van der Waals surface area contributed by atoms with Crippen LogP contribution in [-0.4, -0.2) is 29.7 Å². The molecule has 5 nitrogen and oxygen atoms in total. The van der Waals surface area contributed by atoms with E-state index in [-0.39, 0.29) is 0 Å². The van der Waals surface area contributed by atoms with Gasteiger partial charge in [0.05, 0.1) is 0 Å². The number of carboxylic acids is 1. The molecule has 1 aliphatic carbocycles. The Kier molecular flexibility index (Phi) is 5.95. The van der Waals surface area contributed by atoms with Crippen LogP contribution in [0.25, 0.3) is 0 Å². The molecular weight excluding hydrogens is 232 g/mol. The average Bonchev–Trinajstić information content (AvgIpc) is 2.28. The number of urea groups is 1. The third kappa shape index (κ3) is 5.38. The summed E-state index contributed by atoms with van der Waals surface area (Å²) in [6.07, 6.45) is 6.09. The van der Waals surface area contributed by atoms with E-state index in [2.05, 4.69) is 17.6 Å². The molecule has 0 aliphatic heterocycles. The van der Waals surface area contributed by atoms with Crippen LogP contribution in [0.1, 0.15) is 46.0 Å². The van der Waals surface area contributed by atoms with Gasteiger partial charge >= 0.3 is 12.0 Å². The summed E-state index contributed by atoms with van der Waals surface area (Å²) in [4.78, 5) is 21.9. The van der Waals surface area contributed by atoms with Gasteiger partial charge in [-0.3, -0.25) is 4.79 Å². The van der Waals surface area contributed by atoms with Gasteiger partial charge in [-0.15, -0.1) is 0 Å². The van der Waals surface area contributed by atoms with Crippen molar-refractivity contribution in [3.63, 3.8) is 0 Å². The van der Waals surface area contributed by atoms with E-state index < -0.39 is 18.0 Å². The van der Waals surface area contributed by atoms with Gasteiger partial charge in [-0.05, 0) is 31.6 Å². The lowest BCUT2D eigenvalue weighted by molar-refractivity contribution is -0.138. The van der Waals surface area contributed by atoms with Crippen molar-refractivity contribution in [3.8, 4) is 0 Å². The zero-order valence-electron chi connectivity index (χ0n) is 11.2. The molecule has 0 spiro atoms. The van der Waals surface area contributed by atoms with Crippen molar-refractivity contribution in [1.82, 2.24) is 10.6 Å². The fourth-order valence-electron chi connectivity index (χ4n) is 2.52. The molecule has 0 saturated heterocycles. The van der Waals surface area contributed by atoms with E-state index in [1.807, 2.05) is 0 Å². The summed E-state index contributed by atoms with van der Waals surface area (Å²) in [5.74, 6) is 0.474. The van der Waals surface area contributed by atoms with E-state index in [1.54, 1.807) is 0 Å². The molecule has 1 saturated carbocycles. The summed E-state index contributed by atoms with van der Waals surface area (Å²) in [6.45, 7) is 4.35. The van der Waals surface area contributed by atoms with Gasteiger partial charge in [-0.2, -0.15) is 0 Å². The van der Waals surface area contributed by atoms with Crippen molar-refractivity contribution in [2.24, 2.45) is 11.8 Å². The first kappa shape index (κ1) is 14.8. The Hall–Kier alpha value is -1.26. The fourth-order valence-corrected chi connectivity index (χ4v) is 2.52. The minimum Gasteiger partial charge on any atom is -0.480 e. The van der Waals surface area contributed by atoms with Crippen molar-refractivity contribution < 1.29 is 14.7 Å². The van der Waals surface area contributed by atoms with Gasteiger partial charge < -0.3 is 15.7 Å². The Morgan fingerprint density at radius 1 is 1.39 bits per heavy atom. The van der Waals surface area contributed by atoms with Crippen LogP contribution in [0, 0.1) is 11.8 Å². The number of carboxylic acid groups (broad SMARTS) is 1. The zero-order chi connectivity index (χ0) is 13.5. The number of nitrogens with one attached hydrogen (secondary N) is 2. The van der Waals surface area contributed by atoms with Crippen molar-refractivity contribution in [1.29, 1.82) is 0 Å². The van der Waals surface area contributed by atoms with Crippen LogP contribution < -0.4 is 10.6 Å². The molecule has 18 heavy (non-hydrogen) atoms. The second kappa shape index (κ2) is 7.24. The smallest absolute Gasteiger partial charge is 0.325 e. The van der Waals surface area contributed by atoms with Crippen LogP contribution in [0.15, 0.2) is 0 Å². The van der Waals surface area contributed by atoms with E-state index in [0.717, 1.165) is 12.3 Å². The molecule has 2 unspecified atom stereocenters. The highest BCUT2D eigenvalue weighted by molar-refractivity contribution is 5.82. The number of hydrogen-bond acceptors (Lipinski definition) is 2. The van der Waals surface area contributed by atoms with Crippen molar-refractivity contribution in [2.45, 2.75) is 52.0 Å². The number of carbonyl (C=O) groups excluding carboxylic acids is 1. The Labute approximate surface area is 108 Å². The number of hydrogen-bond donors (Lipinski definition) is 3. The summed E-state index contributed by atoms with van der Waals surface area (Å²) in [6, 6.07) is -1.24. The second-order valence-corrected chi connectivity index (χ2v) is 5.39. The molecule has 3 atom stereocenters. The number of amides is 2. The SMILES string of the molecule is CC1CCCC(CCNC(=O)N[C@@H](C)C(=O)O)C1. The minimum atomic E-state index is -1.02. The zero-order valence-corrected chi connectivity index (χ0v) is 11.2. The van der Waals surface area contributed by atoms with Gasteiger partial charge in [-0.1, -0.05) is 26.2 Å². The highest BCUT2D eigenvalue weighted by atomic mass is 16.4. The van der Waals surface area contributed by atoms with Crippen molar-refractivity contribution in [2.75, 3.05) is 6.54 Å². The van der Waals surface area contributed by atoms with E-state index in [0.29, 0.717) is 12.5 Å². The number of rotatable bonds is 5. The molecule has 104 valence electrons. The van der Waals surface area contributed by atoms with Gasteiger partial charge in [0.25, 0.3) is 0 Å². The predicted octanol–water partition coefficient (Wildman–Crippen LogP) is 1.98. The molecule has 2 amide bonds. The highest BCUT2D eigenvalue weighted by Crippen LogP contribution is 2.30. The average molecular weight is 256 g/mol. The van der Waals surface area contributed by atoms with Crippen LogP contribution >= 0.6 is 0 Å². The van der Waals surface area contributed by atoms with Gasteiger partial charge in [0.1, 0.15) is 6.04 Å². The largest absolute Gasteiger partial charge is 0.480 e. The number of aliphatic carboxylic acids is 1. The molecule has 0 heterocycles. The molecule has 5 heteroatoms. The third-order valence-electron chi connectivity index (χ3n) is 3.60. The van der Waals surface area contributed by atoms with Crippen LogP contribution in [-0.2, 0) is 4.79 Å². The maximum absolute atomic E-state index is 11.4. The van der Waals surface area contributed by atoms with Crippen LogP contribution in [0.3, 0.4) is 0 Å². The molecule has 1 fully saturated rings. The quantitative estimate of drug-likeness (QED) is 0.703. The molecule has 0 radical (unpaired) electrons. The molecule has 3 N–H and O–H groups in total. The van der Waals surface area contributed by atoms with E-state index >= 15 is 0 Å². The minimum absolute atomic E-state index is 0.395. The maximum atomic E-state index is 11.4. The Balaban J connectivity index is 2.13. The standard InChI is InChI=1S/C13H24N2O3/c1-9-4-3-5-11(8-9)6-7-14-13(18)15-10(2)12(16)17/h9-11H,3-8H2,1-2H3,(H,16,17)(H2,14,15,18)/t9?,10-,11?/m0/s1. The Morgan fingerprint density at radius 3 is 2.72 bits per heavy atom. The fraction of sp³-hybridized carbons (Fsp3) is 0.846. The third-order valence-corrected chi connectivity index (χ3v) is 3.60. The first-order chi connectivity index (χ1) is 8.49. The van der Waals surface area contributed by atoms with Gasteiger partial charge in [0.2, 0.25) is 0 Å². The molecule has 1 aliphatic rings. The summed E-state index contributed by atoms with van der Waals surface area (Å²) >= 11 is 0. The Morgan fingerprint density at radius 2 is 2.11 bits per heavy atom. The molecule has 0 bridgehead atoms. The molecule has 0 aromatic rings. The first-order valence-electron chi connectivity index (χ1n) is 6.76. The normalized spacial score (nSPS) is 25.2. The van der Waals surface area contributed by atoms with Gasteiger partial charge in [0.15, 0.2) is 0 Å². The van der Waals surface area contributed by atoms with Crippen LogP contribution in [0.2, 0.25) is 0 Å². The molecule has 0 aromatic heterocycles. The van der Waals surface area contributed by atoms with E-state index in [9.17, 15) is 9.59 Å². The summed E-state index contributed by atoms with van der Waals surface area (Å²) in [5.41, 5.74) is 0. The van der Waals surface area contributed by atoms with Crippen molar-refractivity contribution in [3.05, 3.63) is 0 Å². The lowest BCUT2D eigenvalue weighted by Crippen LogP contribution is -2.44. The second-order valence-electron chi connectivity index (χ2n) is 5.39. The van der Waals surface area contributed by atoms with Crippen molar-refractivity contribution >= 4 is 12.0 Å². The first-order valence-corrected chi connectivity index (χ1v) is 6.76. The summed E-state index contributed by atoms with van der Waals surface area (Å²) < 4.78 is 0. The van der Waals surface area contributed by atoms with Gasteiger partial charge in [0, 0.05) is 6.54 Å². The Bertz CT molecular complexity index is 294.